The average Bonchev–Trinajstić information content (AvgIpc) is 3.11. The van der Waals surface area contributed by atoms with E-state index in [4.69, 9.17) is 5.11 Å². The second-order valence-corrected chi connectivity index (χ2v) is 7.92. The number of aryl methyl sites for hydroxylation is 1. The zero-order valence-corrected chi connectivity index (χ0v) is 18.7. The summed E-state index contributed by atoms with van der Waals surface area (Å²) in [6.45, 7) is 3.62. The van der Waals surface area contributed by atoms with Crippen molar-refractivity contribution in [3.05, 3.63) is 59.4 Å². The second kappa shape index (κ2) is 10.6. The van der Waals surface area contributed by atoms with Gasteiger partial charge in [-0.25, -0.2) is 14.0 Å². The topological polar surface area (TPSA) is 132 Å². The minimum absolute atomic E-state index is 0.00969. The summed E-state index contributed by atoms with van der Waals surface area (Å²) >= 11 is 1.20. The predicted octanol–water partition coefficient (Wildman–Crippen LogP) is 4.81. The Balaban J connectivity index is 1.61. The highest BCUT2D eigenvalue weighted by Gasteiger charge is 2.14. The van der Waals surface area contributed by atoms with Gasteiger partial charge < -0.3 is 21.1 Å². The molecule has 3 rings (SSSR count). The standard InChI is InChI=1S/C22H22FN5O4S/c1-12-3-8-16(23)17(11-12)26-22(32)25-15-6-4-14(5-7-15)19-13(2)20(28-33-19)27-21(31)24-10-9-18(29)30/h3-8,11H,9-10H2,1-2H3,(H,29,30)(H2,25,26,32)(H2,24,27,28,31). The number of carboxylic acids is 1. The number of anilines is 3. The van der Waals surface area contributed by atoms with Crippen molar-refractivity contribution in [2.45, 2.75) is 20.3 Å². The van der Waals surface area contributed by atoms with Crippen LogP contribution in [0.25, 0.3) is 10.4 Å². The van der Waals surface area contributed by atoms with Crippen molar-refractivity contribution in [1.82, 2.24) is 9.69 Å². The molecule has 0 fully saturated rings. The largest absolute Gasteiger partial charge is 0.481 e. The predicted molar refractivity (Wildman–Crippen MR) is 125 cm³/mol. The third-order valence-corrected chi connectivity index (χ3v) is 5.55. The number of halogens is 1. The SMILES string of the molecule is Cc1ccc(F)c(NC(=O)Nc2ccc(-c3snc(NC(=O)NCCC(=O)O)c3C)cc2)c1. The first-order valence-corrected chi connectivity index (χ1v) is 10.7. The van der Waals surface area contributed by atoms with Crippen LogP contribution in [0.15, 0.2) is 42.5 Å². The third kappa shape index (κ3) is 6.50. The monoisotopic (exact) mass is 471 g/mol. The number of amides is 4. The fourth-order valence-corrected chi connectivity index (χ4v) is 3.72. The molecule has 0 bridgehead atoms. The van der Waals surface area contributed by atoms with Gasteiger partial charge in [0.15, 0.2) is 5.82 Å². The zero-order chi connectivity index (χ0) is 24.0. The number of carbonyl (C=O) groups is 3. The second-order valence-electron chi connectivity index (χ2n) is 7.15. The number of aliphatic carboxylic acids is 1. The van der Waals surface area contributed by atoms with Gasteiger partial charge in [-0.15, -0.1) is 0 Å². The summed E-state index contributed by atoms with van der Waals surface area (Å²) in [5.41, 5.74) is 3.02. The molecule has 0 radical (unpaired) electrons. The molecular weight excluding hydrogens is 449 g/mol. The Hall–Kier alpha value is -3.99. The minimum Gasteiger partial charge on any atom is -0.481 e. The van der Waals surface area contributed by atoms with E-state index in [1.54, 1.807) is 43.3 Å². The maximum absolute atomic E-state index is 13.8. The van der Waals surface area contributed by atoms with Crippen molar-refractivity contribution in [3.8, 4) is 10.4 Å². The van der Waals surface area contributed by atoms with E-state index in [1.165, 1.54) is 17.6 Å². The Bertz CT molecular complexity index is 1180. The first-order valence-electron chi connectivity index (χ1n) is 9.90. The van der Waals surface area contributed by atoms with E-state index >= 15 is 0 Å². The molecule has 3 aromatic rings. The van der Waals surface area contributed by atoms with E-state index in [1.807, 2.05) is 6.92 Å². The highest BCUT2D eigenvalue weighted by Crippen LogP contribution is 2.33. The number of aromatic nitrogens is 1. The van der Waals surface area contributed by atoms with Crippen molar-refractivity contribution in [1.29, 1.82) is 0 Å². The van der Waals surface area contributed by atoms with Gasteiger partial charge in [-0.3, -0.25) is 10.1 Å². The van der Waals surface area contributed by atoms with E-state index in [0.717, 1.165) is 21.6 Å². The van der Waals surface area contributed by atoms with Crippen LogP contribution in [0.2, 0.25) is 0 Å². The van der Waals surface area contributed by atoms with Crippen LogP contribution in [0.5, 0.6) is 0 Å². The number of carbonyl (C=O) groups excluding carboxylic acids is 2. The first-order chi connectivity index (χ1) is 15.7. The molecule has 1 aromatic heterocycles. The third-order valence-electron chi connectivity index (χ3n) is 4.56. The van der Waals surface area contributed by atoms with Crippen LogP contribution in [0, 0.1) is 19.7 Å². The number of nitrogens with one attached hydrogen (secondary N) is 4. The number of urea groups is 2. The number of nitrogens with zero attached hydrogens (tertiary/aromatic N) is 1. The van der Waals surface area contributed by atoms with E-state index in [2.05, 4.69) is 25.6 Å². The molecule has 2 aromatic carbocycles. The lowest BCUT2D eigenvalue weighted by Gasteiger charge is -2.10. The molecular formula is C22H22FN5O4S. The molecule has 5 N–H and O–H groups in total. The van der Waals surface area contributed by atoms with Gasteiger partial charge in [0.25, 0.3) is 0 Å². The minimum atomic E-state index is -1.000. The van der Waals surface area contributed by atoms with Crippen LogP contribution < -0.4 is 21.3 Å². The molecule has 0 aliphatic rings. The van der Waals surface area contributed by atoms with Gasteiger partial charge in [0.2, 0.25) is 0 Å². The molecule has 1 heterocycles. The lowest BCUT2D eigenvalue weighted by molar-refractivity contribution is -0.136. The van der Waals surface area contributed by atoms with Crippen LogP contribution in [0.3, 0.4) is 0 Å². The van der Waals surface area contributed by atoms with Gasteiger partial charge in [0.05, 0.1) is 17.0 Å². The van der Waals surface area contributed by atoms with E-state index in [9.17, 15) is 18.8 Å². The first kappa shape index (κ1) is 23.7. The van der Waals surface area contributed by atoms with Gasteiger partial charge >= 0.3 is 18.0 Å². The number of hydrogen-bond donors (Lipinski definition) is 5. The maximum Gasteiger partial charge on any atom is 0.323 e. The van der Waals surface area contributed by atoms with Crippen LogP contribution in [-0.4, -0.2) is 34.1 Å². The maximum atomic E-state index is 13.8. The Morgan fingerprint density at radius 3 is 2.42 bits per heavy atom. The van der Waals surface area contributed by atoms with Gasteiger partial charge in [-0.2, -0.15) is 4.37 Å². The Kier molecular flexibility index (Phi) is 7.57. The molecule has 172 valence electrons. The number of benzene rings is 2. The summed E-state index contributed by atoms with van der Waals surface area (Å²) in [5, 5.41) is 18.8. The normalized spacial score (nSPS) is 10.4. The number of rotatable bonds is 7. The summed E-state index contributed by atoms with van der Waals surface area (Å²) in [4.78, 5) is 35.4. The van der Waals surface area contributed by atoms with E-state index in [0.29, 0.717) is 11.5 Å². The fraction of sp³-hybridized carbons (Fsp3) is 0.182. The van der Waals surface area contributed by atoms with Crippen molar-refractivity contribution in [2.24, 2.45) is 0 Å². The quantitative estimate of drug-likeness (QED) is 0.337. The van der Waals surface area contributed by atoms with Crippen molar-refractivity contribution in [3.63, 3.8) is 0 Å². The molecule has 0 saturated carbocycles. The summed E-state index contributed by atoms with van der Waals surface area (Å²) in [7, 11) is 0. The molecule has 9 nitrogen and oxygen atoms in total. The average molecular weight is 472 g/mol. The van der Waals surface area contributed by atoms with Gasteiger partial charge in [0.1, 0.15) is 5.82 Å². The summed E-state index contributed by atoms with van der Waals surface area (Å²) < 4.78 is 18.1. The lowest BCUT2D eigenvalue weighted by Crippen LogP contribution is -2.30. The van der Waals surface area contributed by atoms with Crippen LogP contribution >= 0.6 is 11.5 Å². The highest BCUT2D eigenvalue weighted by atomic mass is 32.1. The van der Waals surface area contributed by atoms with Crippen molar-refractivity contribution >= 4 is 46.8 Å². The molecule has 0 aliphatic heterocycles. The summed E-state index contributed by atoms with van der Waals surface area (Å²) in [6.07, 6.45) is -0.174. The zero-order valence-electron chi connectivity index (χ0n) is 17.9. The van der Waals surface area contributed by atoms with Gasteiger partial charge in [-0.1, -0.05) is 18.2 Å². The lowest BCUT2D eigenvalue weighted by atomic mass is 10.1. The van der Waals surface area contributed by atoms with Crippen LogP contribution in [-0.2, 0) is 4.79 Å². The van der Waals surface area contributed by atoms with E-state index in [-0.39, 0.29) is 18.7 Å². The Labute approximate surface area is 193 Å². The smallest absolute Gasteiger partial charge is 0.323 e. The highest BCUT2D eigenvalue weighted by molar-refractivity contribution is 7.10. The van der Waals surface area contributed by atoms with Gasteiger partial charge in [0, 0.05) is 17.8 Å². The van der Waals surface area contributed by atoms with Gasteiger partial charge in [-0.05, 0) is 60.8 Å². The molecule has 33 heavy (non-hydrogen) atoms. The summed E-state index contributed by atoms with van der Waals surface area (Å²) in [5.74, 6) is -1.14. The molecule has 0 saturated heterocycles. The number of hydrogen-bond acceptors (Lipinski definition) is 5. The molecule has 0 aliphatic carbocycles. The molecule has 11 heteroatoms. The van der Waals surface area contributed by atoms with E-state index < -0.39 is 23.8 Å². The fourth-order valence-electron chi connectivity index (χ4n) is 2.88. The number of carboxylic acid groups (broad SMARTS) is 1. The summed E-state index contributed by atoms with van der Waals surface area (Å²) in [6, 6.07) is 10.3. The van der Waals surface area contributed by atoms with Crippen LogP contribution in [0.1, 0.15) is 17.5 Å². The van der Waals surface area contributed by atoms with Crippen LogP contribution in [0.4, 0.5) is 31.2 Å². The van der Waals surface area contributed by atoms with Crippen molar-refractivity contribution < 1.29 is 23.9 Å². The Morgan fingerprint density at radius 1 is 1.00 bits per heavy atom. The molecule has 0 unspecified atom stereocenters. The van der Waals surface area contributed by atoms with Crippen molar-refractivity contribution in [2.75, 3.05) is 22.5 Å². The molecule has 4 amide bonds. The molecule has 0 atom stereocenters. The Morgan fingerprint density at radius 2 is 1.73 bits per heavy atom. The molecule has 0 spiro atoms.